The SMILES string of the molecule is CC(C)(C)OC(=O)N1CCN(CCCCN2C(=O)CCC(=O)c3ccccc32)CC1. The molecule has 0 radical (unpaired) electrons. The number of rotatable bonds is 5. The molecule has 30 heavy (non-hydrogen) atoms. The molecule has 0 aliphatic carbocycles. The smallest absolute Gasteiger partial charge is 0.410 e. The van der Waals surface area contributed by atoms with Crippen molar-refractivity contribution in [1.29, 1.82) is 0 Å². The van der Waals surface area contributed by atoms with Crippen molar-refractivity contribution in [2.24, 2.45) is 0 Å². The molecule has 1 fully saturated rings. The van der Waals surface area contributed by atoms with Crippen molar-refractivity contribution >= 4 is 23.5 Å². The number of piperazine rings is 1. The molecule has 0 N–H and O–H groups in total. The highest BCUT2D eigenvalue weighted by molar-refractivity contribution is 6.10. The first-order valence-electron chi connectivity index (χ1n) is 10.9. The van der Waals surface area contributed by atoms with Crippen LogP contribution in [0.2, 0.25) is 0 Å². The third kappa shape index (κ3) is 5.81. The second-order valence-electron chi connectivity index (χ2n) is 9.00. The summed E-state index contributed by atoms with van der Waals surface area (Å²) in [7, 11) is 0. The fraction of sp³-hybridized carbons (Fsp3) is 0.609. The molecule has 0 atom stereocenters. The van der Waals surface area contributed by atoms with E-state index in [2.05, 4.69) is 4.90 Å². The van der Waals surface area contributed by atoms with Crippen LogP contribution in [0.15, 0.2) is 24.3 Å². The van der Waals surface area contributed by atoms with Gasteiger partial charge < -0.3 is 14.5 Å². The maximum Gasteiger partial charge on any atom is 0.410 e. The van der Waals surface area contributed by atoms with Crippen LogP contribution in [-0.2, 0) is 9.53 Å². The van der Waals surface area contributed by atoms with Crippen molar-refractivity contribution < 1.29 is 19.1 Å². The van der Waals surface area contributed by atoms with Crippen LogP contribution in [0, 0.1) is 0 Å². The third-order valence-electron chi connectivity index (χ3n) is 5.49. The van der Waals surface area contributed by atoms with Crippen molar-refractivity contribution in [3.8, 4) is 0 Å². The predicted octanol–water partition coefficient (Wildman–Crippen LogP) is 3.33. The summed E-state index contributed by atoms with van der Waals surface area (Å²) in [6.07, 6.45) is 2.16. The number of anilines is 1. The molecule has 0 saturated carbocycles. The molecule has 7 heteroatoms. The van der Waals surface area contributed by atoms with Crippen LogP contribution in [0.5, 0.6) is 0 Å². The molecule has 2 amide bonds. The molecule has 2 heterocycles. The monoisotopic (exact) mass is 415 g/mol. The molecule has 3 rings (SSSR count). The molecule has 0 spiro atoms. The van der Waals surface area contributed by atoms with Gasteiger partial charge in [0.15, 0.2) is 5.78 Å². The molecule has 1 aromatic rings. The lowest BCUT2D eigenvalue weighted by molar-refractivity contribution is -0.118. The van der Waals surface area contributed by atoms with Gasteiger partial charge in [0.1, 0.15) is 5.60 Å². The molecule has 1 aromatic carbocycles. The van der Waals surface area contributed by atoms with E-state index < -0.39 is 5.60 Å². The summed E-state index contributed by atoms with van der Waals surface area (Å²) in [4.78, 5) is 42.9. The van der Waals surface area contributed by atoms with Crippen LogP contribution in [0.3, 0.4) is 0 Å². The lowest BCUT2D eigenvalue weighted by atomic mass is 10.1. The minimum absolute atomic E-state index is 0.0271. The zero-order valence-corrected chi connectivity index (χ0v) is 18.4. The molecule has 1 saturated heterocycles. The van der Waals surface area contributed by atoms with Crippen molar-refractivity contribution in [2.75, 3.05) is 44.2 Å². The van der Waals surface area contributed by atoms with E-state index in [1.807, 2.05) is 45.0 Å². The van der Waals surface area contributed by atoms with Gasteiger partial charge in [-0.3, -0.25) is 14.5 Å². The third-order valence-corrected chi connectivity index (χ3v) is 5.49. The number of carbonyl (C=O) groups excluding carboxylic acids is 3. The van der Waals surface area contributed by atoms with Crippen LogP contribution in [0.4, 0.5) is 10.5 Å². The summed E-state index contributed by atoms with van der Waals surface area (Å²) in [5, 5.41) is 0. The Labute approximate surface area is 179 Å². The minimum atomic E-state index is -0.470. The number of Topliss-reactive ketones (excluding diaryl/α,β-unsaturated/α-hetero) is 1. The van der Waals surface area contributed by atoms with E-state index in [4.69, 9.17) is 4.74 Å². The van der Waals surface area contributed by atoms with Gasteiger partial charge in [-0.25, -0.2) is 4.79 Å². The summed E-state index contributed by atoms with van der Waals surface area (Å²) in [6.45, 7) is 10.2. The maximum absolute atomic E-state index is 12.5. The molecule has 164 valence electrons. The molecule has 2 aliphatic rings. The number of ketones is 1. The lowest BCUT2D eigenvalue weighted by Gasteiger charge is -2.35. The topological polar surface area (TPSA) is 70.2 Å². The van der Waals surface area contributed by atoms with Gasteiger partial charge in [-0.15, -0.1) is 0 Å². The lowest BCUT2D eigenvalue weighted by Crippen LogP contribution is -2.50. The van der Waals surface area contributed by atoms with E-state index >= 15 is 0 Å². The van der Waals surface area contributed by atoms with Crippen LogP contribution in [-0.4, -0.2) is 72.5 Å². The first kappa shape index (κ1) is 22.3. The summed E-state index contributed by atoms with van der Waals surface area (Å²) < 4.78 is 5.44. The molecule has 0 bridgehead atoms. The van der Waals surface area contributed by atoms with Gasteiger partial charge in [-0.2, -0.15) is 0 Å². The standard InChI is InChI=1S/C23H33N3O4/c1-23(2,3)30-22(29)25-16-14-24(15-17-25)12-6-7-13-26-19-9-5-4-8-18(19)20(27)10-11-21(26)28/h4-5,8-9H,6-7,10-17H2,1-3H3. The maximum atomic E-state index is 12.5. The highest BCUT2D eigenvalue weighted by Crippen LogP contribution is 2.27. The quantitative estimate of drug-likeness (QED) is 0.690. The normalized spacial score (nSPS) is 18.2. The Morgan fingerprint density at radius 2 is 1.63 bits per heavy atom. The molecular formula is C23H33N3O4. The van der Waals surface area contributed by atoms with Gasteiger partial charge in [0.2, 0.25) is 5.91 Å². The van der Waals surface area contributed by atoms with E-state index in [0.29, 0.717) is 25.2 Å². The summed E-state index contributed by atoms with van der Waals surface area (Å²) in [5.41, 5.74) is 0.931. The zero-order chi connectivity index (χ0) is 21.7. The van der Waals surface area contributed by atoms with E-state index in [0.717, 1.165) is 38.2 Å². The van der Waals surface area contributed by atoms with Crippen molar-refractivity contribution in [3.05, 3.63) is 29.8 Å². The van der Waals surface area contributed by atoms with E-state index in [1.54, 1.807) is 9.80 Å². The number of unbranched alkanes of at least 4 members (excludes halogenated alkanes) is 1. The van der Waals surface area contributed by atoms with Gasteiger partial charge in [0.05, 0.1) is 5.69 Å². The van der Waals surface area contributed by atoms with Crippen molar-refractivity contribution in [1.82, 2.24) is 9.80 Å². The minimum Gasteiger partial charge on any atom is -0.444 e. The number of hydrogen-bond acceptors (Lipinski definition) is 5. The van der Waals surface area contributed by atoms with Crippen molar-refractivity contribution in [2.45, 2.75) is 52.1 Å². The number of benzene rings is 1. The number of nitrogens with zero attached hydrogens (tertiary/aromatic N) is 3. The summed E-state index contributed by atoms with van der Waals surface area (Å²) in [6, 6.07) is 7.41. The number of fused-ring (bicyclic) bond motifs is 1. The Balaban J connectivity index is 1.43. The second kappa shape index (κ2) is 9.60. The zero-order valence-electron chi connectivity index (χ0n) is 18.4. The Kier molecular flexibility index (Phi) is 7.13. The Morgan fingerprint density at radius 1 is 0.967 bits per heavy atom. The van der Waals surface area contributed by atoms with Crippen molar-refractivity contribution in [3.63, 3.8) is 0 Å². The van der Waals surface area contributed by atoms with E-state index in [9.17, 15) is 14.4 Å². The largest absolute Gasteiger partial charge is 0.444 e. The van der Waals surface area contributed by atoms with E-state index in [-0.39, 0.29) is 30.6 Å². The molecule has 2 aliphatic heterocycles. The molecular weight excluding hydrogens is 382 g/mol. The van der Waals surface area contributed by atoms with Gasteiger partial charge in [0.25, 0.3) is 0 Å². The number of carbonyl (C=O) groups is 3. The van der Waals surface area contributed by atoms with Crippen LogP contribution in [0.25, 0.3) is 0 Å². The number of hydrogen-bond donors (Lipinski definition) is 0. The van der Waals surface area contributed by atoms with Crippen LogP contribution in [0.1, 0.15) is 56.8 Å². The van der Waals surface area contributed by atoms with Gasteiger partial charge >= 0.3 is 6.09 Å². The first-order valence-corrected chi connectivity index (χ1v) is 10.9. The summed E-state index contributed by atoms with van der Waals surface area (Å²) >= 11 is 0. The highest BCUT2D eigenvalue weighted by atomic mass is 16.6. The van der Waals surface area contributed by atoms with E-state index in [1.165, 1.54) is 0 Å². The Morgan fingerprint density at radius 3 is 2.33 bits per heavy atom. The van der Waals surface area contributed by atoms with Crippen LogP contribution < -0.4 is 4.90 Å². The number of ether oxygens (including phenoxy) is 1. The first-order chi connectivity index (χ1) is 14.2. The fourth-order valence-electron chi connectivity index (χ4n) is 3.90. The average Bonchev–Trinajstić information content (AvgIpc) is 2.82. The average molecular weight is 416 g/mol. The highest BCUT2D eigenvalue weighted by Gasteiger charge is 2.27. The fourth-order valence-corrected chi connectivity index (χ4v) is 3.90. The predicted molar refractivity (Wildman–Crippen MR) is 116 cm³/mol. The van der Waals surface area contributed by atoms with Crippen LogP contribution >= 0.6 is 0 Å². The molecule has 7 nitrogen and oxygen atoms in total. The second-order valence-corrected chi connectivity index (χ2v) is 9.00. The number of amides is 2. The molecule has 0 unspecified atom stereocenters. The number of para-hydroxylation sites is 1. The molecule has 0 aromatic heterocycles. The van der Waals surface area contributed by atoms with Gasteiger partial charge in [-0.05, 0) is 52.3 Å². The summed E-state index contributed by atoms with van der Waals surface area (Å²) in [5.74, 6) is 0.0728. The Bertz CT molecular complexity index is 779. The van der Waals surface area contributed by atoms with Gasteiger partial charge in [0, 0.05) is 51.1 Å². The van der Waals surface area contributed by atoms with Gasteiger partial charge in [-0.1, -0.05) is 12.1 Å². The Hall–Kier alpha value is -2.41.